The van der Waals surface area contributed by atoms with Crippen LogP contribution in [0.25, 0.3) is 0 Å². The number of benzene rings is 1. The van der Waals surface area contributed by atoms with Crippen molar-refractivity contribution in [1.29, 1.82) is 0 Å². The first-order valence-corrected chi connectivity index (χ1v) is 4.48. The summed E-state index contributed by atoms with van der Waals surface area (Å²) in [5, 5.41) is 0. The molecule has 0 unspecified atom stereocenters. The van der Waals surface area contributed by atoms with E-state index < -0.39 is 35.2 Å². The summed E-state index contributed by atoms with van der Waals surface area (Å²) < 4.78 is 76.5. The molecule has 0 amide bonds. The fourth-order valence-corrected chi connectivity index (χ4v) is 1.26. The Morgan fingerprint density at radius 1 is 1.11 bits per heavy atom. The lowest BCUT2D eigenvalue weighted by molar-refractivity contribution is -0.274. The summed E-state index contributed by atoms with van der Waals surface area (Å²) in [6, 6.07) is 1.44. The van der Waals surface area contributed by atoms with Gasteiger partial charge in [-0.1, -0.05) is 0 Å². The van der Waals surface area contributed by atoms with Crippen LogP contribution in [0.5, 0.6) is 5.75 Å². The van der Waals surface area contributed by atoms with E-state index in [-0.39, 0.29) is 6.07 Å². The molecule has 0 saturated carbocycles. The van der Waals surface area contributed by atoms with Gasteiger partial charge in [0.25, 0.3) is 0 Å². The van der Waals surface area contributed by atoms with Crippen molar-refractivity contribution in [3.8, 4) is 5.75 Å². The second-order valence-corrected chi connectivity index (χ2v) is 3.31. The molecule has 0 aliphatic heterocycles. The van der Waals surface area contributed by atoms with Crippen LogP contribution in [0.1, 0.15) is 22.8 Å². The summed E-state index contributed by atoms with van der Waals surface area (Å²) >= 11 is 0. The number of rotatable bonds is 2. The van der Waals surface area contributed by atoms with Crippen LogP contribution in [0.3, 0.4) is 0 Å². The molecule has 0 spiro atoms. The van der Waals surface area contributed by atoms with Crippen LogP contribution in [0, 0.1) is 0 Å². The molecule has 0 fully saturated rings. The summed E-state index contributed by atoms with van der Waals surface area (Å²) in [4.78, 5) is 10.9. The highest BCUT2D eigenvalue weighted by molar-refractivity contribution is 5.95. The molecule has 100 valence electrons. The minimum atomic E-state index is -5.10. The van der Waals surface area contributed by atoms with Gasteiger partial charge >= 0.3 is 12.5 Å². The van der Waals surface area contributed by atoms with Crippen LogP contribution < -0.4 is 4.74 Å². The molecule has 0 aliphatic rings. The first kappa shape index (κ1) is 14.3. The smallest absolute Gasteiger partial charge is 0.406 e. The monoisotopic (exact) mass is 272 g/mol. The normalized spacial score (nSPS) is 12.4. The molecule has 0 heterocycles. The Bertz CT molecular complexity index is 460. The van der Waals surface area contributed by atoms with E-state index in [1.807, 2.05) is 0 Å². The van der Waals surface area contributed by atoms with Crippen LogP contribution in [-0.2, 0) is 6.18 Å². The van der Waals surface area contributed by atoms with E-state index in [0.29, 0.717) is 12.1 Å². The number of ketones is 1. The highest BCUT2D eigenvalue weighted by Crippen LogP contribution is 2.35. The second-order valence-electron chi connectivity index (χ2n) is 3.31. The molecular formula is C10H6F6O2. The van der Waals surface area contributed by atoms with Gasteiger partial charge in [-0.2, -0.15) is 13.2 Å². The van der Waals surface area contributed by atoms with E-state index in [2.05, 4.69) is 4.74 Å². The van der Waals surface area contributed by atoms with Crippen molar-refractivity contribution >= 4 is 5.78 Å². The number of carbonyl (C=O) groups excluding carboxylic acids is 1. The maximum absolute atomic E-state index is 12.5. The van der Waals surface area contributed by atoms with Gasteiger partial charge in [0.1, 0.15) is 5.75 Å². The van der Waals surface area contributed by atoms with Crippen molar-refractivity contribution in [3.05, 3.63) is 29.3 Å². The number of hydrogen-bond acceptors (Lipinski definition) is 2. The van der Waals surface area contributed by atoms with Gasteiger partial charge in [0.05, 0.1) is 5.56 Å². The summed E-state index contributed by atoms with van der Waals surface area (Å²) in [6.07, 6.45) is -10.0. The third-order valence-corrected chi connectivity index (χ3v) is 1.91. The first-order chi connectivity index (χ1) is 8.00. The molecule has 0 radical (unpaired) electrons. The molecule has 18 heavy (non-hydrogen) atoms. The van der Waals surface area contributed by atoms with Crippen LogP contribution in [-0.4, -0.2) is 12.1 Å². The van der Waals surface area contributed by atoms with Gasteiger partial charge in [-0.15, -0.1) is 13.2 Å². The summed E-state index contributed by atoms with van der Waals surface area (Å²) in [5.74, 6) is -1.93. The van der Waals surface area contributed by atoms with E-state index in [1.54, 1.807) is 0 Å². The van der Waals surface area contributed by atoms with Crippen molar-refractivity contribution in [1.82, 2.24) is 0 Å². The maximum atomic E-state index is 12.5. The standard InChI is InChI=1S/C10H6F6O2/c1-5(17)7-3-2-6(18-10(14,15)16)4-8(7)9(11,12)13/h2-4H,1H3. The fourth-order valence-electron chi connectivity index (χ4n) is 1.26. The van der Waals surface area contributed by atoms with E-state index in [0.717, 1.165) is 6.92 Å². The van der Waals surface area contributed by atoms with Crippen LogP contribution in [0.15, 0.2) is 18.2 Å². The Kier molecular flexibility index (Phi) is 3.59. The van der Waals surface area contributed by atoms with Gasteiger partial charge in [-0.25, -0.2) is 0 Å². The zero-order chi connectivity index (χ0) is 14.1. The Hall–Kier alpha value is -1.73. The minimum absolute atomic E-state index is 0.143. The van der Waals surface area contributed by atoms with E-state index in [9.17, 15) is 31.1 Å². The lowest BCUT2D eigenvalue weighted by Crippen LogP contribution is -2.18. The molecule has 0 saturated heterocycles. The van der Waals surface area contributed by atoms with Gasteiger partial charge in [0, 0.05) is 5.56 Å². The van der Waals surface area contributed by atoms with E-state index >= 15 is 0 Å². The van der Waals surface area contributed by atoms with E-state index in [1.165, 1.54) is 0 Å². The summed E-state index contributed by atoms with van der Waals surface area (Å²) in [6.45, 7) is 0.884. The second kappa shape index (κ2) is 4.51. The lowest BCUT2D eigenvalue weighted by Gasteiger charge is -2.14. The number of alkyl halides is 6. The van der Waals surface area contributed by atoms with E-state index in [4.69, 9.17) is 0 Å². The largest absolute Gasteiger partial charge is 0.573 e. The van der Waals surface area contributed by atoms with Crippen LogP contribution in [0.4, 0.5) is 26.3 Å². The number of carbonyl (C=O) groups is 1. The van der Waals surface area contributed by atoms with Crippen molar-refractivity contribution in [2.45, 2.75) is 19.5 Å². The molecule has 1 rings (SSSR count). The first-order valence-electron chi connectivity index (χ1n) is 4.48. The highest BCUT2D eigenvalue weighted by atomic mass is 19.4. The van der Waals surface area contributed by atoms with Crippen LogP contribution >= 0.6 is 0 Å². The van der Waals surface area contributed by atoms with Gasteiger partial charge < -0.3 is 4.74 Å². The molecular weight excluding hydrogens is 266 g/mol. The summed E-state index contributed by atoms with van der Waals surface area (Å²) in [5.41, 5.74) is -2.17. The van der Waals surface area contributed by atoms with Crippen molar-refractivity contribution in [2.75, 3.05) is 0 Å². The SMILES string of the molecule is CC(=O)c1ccc(OC(F)(F)F)cc1C(F)(F)F. The molecule has 0 bridgehead atoms. The van der Waals surface area contributed by atoms with Gasteiger partial charge in [-0.05, 0) is 25.1 Å². The Morgan fingerprint density at radius 3 is 2.06 bits per heavy atom. The average Bonchev–Trinajstić information content (AvgIpc) is 2.13. The zero-order valence-corrected chi connectivity index (χ0v) is 8.82. The molecule has 0 aromatic heterocycles. The van der Waals surface area contributed by atoms with Crippen LogP contribution in [0.2, 0.25) is 0 Å². The van der Waals surface area contributed by atoms with Gasteiger partial charge in [0.15, 0.2) is 5.78 Å². The third kappa shape index (κ3) is 3.64. The fraction of sp³-hybridized carbons (Fsp3) is 0.300. The predicted molar refractivity (Wildman–Crippen MR) is 48.1 cm³/mol. The van der Waals surface area contributed by atoms with Crippen molar-refractivity contribution < 1.29 is 35.9 Å². The Balaban J connectivity index is 3.27. The summed E-state index contributed by atoms with van der Waals surface area (Å²) in [7, 11) is 0. The number of Topliss-reactive ketones (excluding diaryl/α,β-unsaturated/α-hetero) is 1. The molecule has 1 aromatic rings. The highest BCUT2D eigenvalue weighted by Gasteiger charge is 2.37. The van der Waals surface area contributed by atoms with Gasteiger partial charge in [0.2, 0.25) is 0 Å². The Morgan fingerprint density at radius 2 is 1.67 bits per heavy atom. The molecule has 2 nitrogen and oxygen atoms in total. The molecule has 0 aliphatic carbocycles. The number of ether oxygens (including phenoxy) is 1. The third-order valence-electron chi connectivity index (χ3n) is 1.91. The van der Waals surface area contributed by atoms with Crippen molar-refractivity contribution in [2.24, 2.45) is 0 Å². The quantitative estimate of drug-likeness (QED) is 0.604. The molecule has 0 N–H and O–H groups in total. The number of hydrogen-bond donors (Lipinski definition) is 0. The maximum Gasteiger partial charge on any atom is 0.573 e. The molecule has 8 heteroatoms. The van der Waals surface area contributed by atoms with Gasteiger partial charge in [-0.3, -0.25) is 4.79 Å². The average molecular weight is 272 g/mol. The molecule has 0 atom stereocenters. The topological polar surface area (TPSA) is 26.3 Å². The molecule has 1 aromatic carbocycles. The number of halogens is 6. The zero-order valence-electron chi connectivity index (χ0n) is 8.82. The predicted octanol–water partition coefficient (Wildman–Crippen LogP) is 3.81. The Labute approximate surface area is 97.2 Å². The lowest BCUT2D eigenvalue weighted by atomic mass is 10.0. The minimum Gasteiger partial charge on any atom is -0.406 e. The van der Waals surface area contributed by atoms with Crippen molar-refractivity contribution in [3.63, 3.8) is 0 Å².